The first-order valence-corrected chi connectivity index (χ1v) is 4.15. The van der Waals surface area contributed by atoms with Crippen LogP contribution in [0.15, 0.2) is 35.5 Å². The van der Waals surface area contributed by atoms with Gasteiger partial charge in [-0.3, -0.25) is 0 Å². The van der Waals surface area contributed by atoms with Gasteiger partial charge in [-0.1, -0.05) is 24.3 Å². The Morgan fingerprint density at radius 2 is 2.00 bits per heavy atom. The lowest BCUT2D eigenvalue weighted by molar-refractivity contribution is 1.02. The minimum Gasteiger partial charge on any atom is -0.402 e. The van der Waals surface area contributed by atoms with Crippen molar-refractivity contribution in [2.45, 2.75) is 13.3 Å². The highest BCUT2D eigenvalue weighted by Gasteiger charge is 2.11. The molecule has 1 aliphatic carbocycles. The normalized spacial score (nSPS) is 16.1. The van der Waals surface area contributed by atoms with Gasteiger partial charge >= 0.3 is 0 Å². The molecule has 0 unspecified atom stereocenters. The highest BCUT2D eigenvalue weighted by molar-refractivity contribution is 5.46. The fourth-order valence-corrected chi connectivity index (χ4v) is 1.51. The summed E-state index contributed by atoms with van der Waals surface area (Å²) >= 11 is 0. The topological polar surface area (TPSA) is 26.0 Å². The third-order valence-electron chi connectivity index (χ3n) is 2.31. The standard InChI is InChI=1S/C11H12N/c1-8-6-9-4-2-3-5-10(9)7-11(8)12/h2-6H,7,12H2,1H3. The zero-order valence-electron chi connectivity index (χ0n) is 7.17. The Balaban J connectivity index is 2.43. The summed E-state index contributed by atoms with van der Waals surface area (Å²) in [6.07, 6.45) is 3.05. The minimum atomic E-state index is 0.901. The summed E-state index contributed by atoms with van der Waals surface area (Å²) < 4.78 is 0. The van der Waals surface area contributed by atoms with Gasteiger partial charge < -0.3 is 5.73 Å². The van der Waals surface area contributed by atoms with Gasteiger partial charge in [0.1, 0.15) is 0 Å². The SMILES string of the molecule is CC1=C(N)Cc2ccccc2[CH]1. The van der Waals surface area contributed by atoms with Gasteiger partial charge in [-0.05, 0) is 23.6 Å². The van der Waals surface area contributed by atoms with Crippen molar-refractivity contribution in [2.24, 2.45) is 5.73 Å². The van der Waals surface area contributed by atoms with E-state index in [1.165, 1.54) is 16.7 Å². The second-order valence-electron chi connectivity index (χ2n) is 3.23. The molecule has 1 radical (unpaired) electrons. The molecule has 0 spiro atoms. The van der Waals surface area contributed by atoms with Gasteiger partial charge in [-0.25, -0.2) is 0 Å². The van der Waals surface area contributed by atoms with Crippen molar-refractivity contribution in [3.05, 3.63) is 53.1 Å². The lowest BCUT2D eigenvalue weighted by Gasteiger charge is -2.17. The van der Waals surface area contributed by atoms with Crippen molar-refractivity contribution in [2.75, 3.05) is 0 Å². The number of rotatable bonds is 0. The van der Waals surface area contributed by atoms with Crippen LogP contribution in [0.1, 0.15) is 18.1 Å². The molecule has 1 aliphatic rings. The van der Waals surface area contributed by atoms with Crippen molar-refractivity contribution in [1.29, 1.82) is 0 Å². The molecule has 0 fully saturated rings. The number of hydrogen-bond donors (Lipinski definition) is 1. The number of hydrogen-bond acceptors (Lipinski definition) is 1. The molecule has 2 rings (SSSR count). The molecular formula is C11H12N. The van der Waals surface area contributed by atoms with Gasteiger partial charge in [0.05, 0.1) is 0 Å². The Kier molecular flexibility index (Phi) is 1.65. The van der Waals surface area contributed by atoms with Crippen LogP contribution in [-0.2, 0) is 6.42 Å². The van der Waals surface area contributed by atoms with Gasteiger partial charge in [-0.15, -0.1) is 0 Å². The van der Waals surface area contributed by atoms with Crippen LogP contribution >= 0.6 is 0 Å². The van der Waals surface area contributed by atoms with E-state index in [9.17, 15) is 0 Å². The van der Waals surface area contributed by atoms with Crippen molar-refractivity contribution in [3.8, 4) is 0 Å². The molecular weight excluding hydrogens is 146 g/mol. The number of nitrogens with two attached hydrogens (primary N) is 1. The van der Waals surface area contributed by atoms with E-state index < -0.39 is 0 Å². The monoisotopic (exact) mass is 158 g/mol. The number of allylic oxidation sites excluding steroid dienone is 2. The van der Waals surface area contributed by atoms with Crippen molar-refractivity contribution < 1.29 is 0 Å². The molecule has 0 aromatic heterocycles. The van der Waals surface area contributed by atoms with E-state index >= 15 is 0 Å². The van der Waals surface area contributed by atoms with Gasteiger partial charge in [0.15, 0.2) is 0 Å². The first-order chi connectivity index (χ1) is 5.77. The average Bonchev–Trinajstić information content (AvgIpc) is 2.07. The summed E-state index contributed by atoms with van der Waals surface area (Å²) in [6, 6.07) is 8.38. The largest absolute Gasteiger partial charge is 0.402 e. The zero-order chi connectivity index (χ0) is 8.55. The maximum atomic E-state index is 5.84. The lowest BCUT2D eigenvalue weighted by atomic mass is 9.90. The molecule has 0 bridgehead atoms. The van der Waals surface area contributed by atoms with Crippen LogP contribution < -0.4 is 5.73 Å². The van der Waals surface area contributed by atoms with Crippen LogP contribution in [0.5, 0.6) is 0 Å². The maximum Gasteiger partial charge on any atom is 0.0175 e. The Morgan fingerprint density at radius 3 is 2.83 bits per heavy atom. The molecule has 1 aromatic carbocycles. The predicted molar refractivity (Wildman–Crippen MR) is 50.4 cm³/mol. The molecule has 0 saturated carbocycles. The summed E-state index contributed by atoms with van der Waals surface area (Å²) in [4.78, 5) is 0. The summed E-state index contributed by atoms with van der Waals surface area (Å²) in [5, 5.41) is 0. The summed E-state index contributed by atoms with van der Waals surface area (Å²) in [5.74, 6) is 0. The molecule has 12 heavy (non-hydrogen) atoms. The average molecular weight is 158 g/mol. The molecule has 0 heterocycles. The van der Waals surface area contributed by atoms with Crippen LogP contribution in [0.3, 0.4) is 0 Å². The Bertz CT molecular complexity index is 304. The van der Waals surface area contributed by atoms with Crippen LogP contribution in [0, 0.1) is 6.42 Å². The van der Waals surface area contributed by atoms with Gasteiger partial charge in [0.25, 0.3) is 0 Å². The Labute approximate surface area is 72.9 Å². The van der Waals surface area contributed by atoms with Crippen LogP contribution in [0.2, 0.25) is 0 Å². The third kappa shape index (κ3) is 1.11. The van der Waals surface area contributed by atoms with E-state index in [-0.39, 0.29) is 0 Å². The van der Waals surface area contributed by atoms with Crippen molar-refractivity contribution in [3.63, 3.8) is 0 Å². The molecule has 1 nitrogen and oxygen atoms in total. The summed E-state index contributed by atoms with van der Waals surface area (Å²) in [5.41, 5.74) is 10.7. The quantitative estimate of drug-likeness (QED) is 0.614. The Morgan fingerprint density at radius 1 is 1.25 bits per heavy atom. The fraction of sp³-hybridized carbons (Fsp3) is 0.182. The number of fused-ring (bicyclic) bond motifs is 1. The van der Waals surface area contributed by atoms with Crippen LogP contribution in [0.4, 0.5) is 0 Å². The second-order valence-corrected chi connectivity index (χ2v) is 3.23. The predicted octanol–water partition coefficient (Wildman–Crippen LogP) is 2.03. The number of benzene rings is 1. The van der Waals surface area contributed by atoms with E-state index in [1.54, 1.807) is 0 Å². The second kappa shape index (κ2) is 2.67. The lowest BCUT2D eigenvalue weighted by Crippen LogP contribution is -2.11. The molecule has 2 N–H and O–H groups in total. The van der Waals surface area contributed by atoms with E-state index in [1.807, 2.05) is 0 Å². The molecule has 1 aromatic rings. The minimum absolute atomic E-state index is 0.901. The van der Waals surface area contributed by atoms with Crippen molar-refractivity contribution >= 4 is 0 Å². The zero-order valence-corrected chi connectivity index (χ0v) is 7.17. The van der Waals surface area contributed by atoms with E-state index in [4.69, 9.17) is 5.73 Å². The van der Waals surface area contributed by atoms with E-state index in [0.29, 0.717) is 0 Å². The van der Waals surface area contributed by atoms with E-state index in [0.717, 1.165) is 12.1 Å². The molecule has 0 saturated heterocycles. The maximum absolute atomic E-state index is 5.84. The fourth-order valence-electron chi connectivity index (χ4n) is 1.51. The molecule has 0 amide bonds. The Hall–Kier alpha value is -1.24. The van der Waals surface area contributed by atoms with Crippen molar-refractivity contribution in [1.82, 2.24) is 0 Å². The van der Waals surface area contributed by atoms with Crippen LogP contribution in [0.25, 0.3) is 0 Å². The molecule has 0 atom stereocenters. The summed E-state index contributed by atoms with van der Waals surface area (Å²) in [7, 11) is 0. The third-order valence-corrected chi connectivity index (χ3v) is 2.31. The smallest absolute Gasteiger partial charge is 0.0175 e. The van der Waals surface area contributed by atoms with Gasteiger partial charge in [-0.2, -0.15) is 0 Å². The highest BCUT2D eigenvalue weighted by atomic mass is 14.6. The highest BCUT2D eigenvalue weighted by Crippen LogP contribution is 2.24. The first-order valence-electron chi connectivity index (χ1n) is 4.15. The van der Waals surface area contributed by atoms with Crippen LogP contribution in [-0.4, -0.2) is 0 Å². The molecule has 61 valence electrons. The first kappa shape index (κ1) is 7.41. The summed E-state index contributed by atoms with van der Waals surface area (Å²) in [6.45, 7) is 2.06. The molecule has 1 heteroatoms. The van der Waals surface area contributed by atoms with Gasteiger partial charge in [0, 0.05) is 18.5 Å². The van der Waals surface area contributed by atoms with Gasteiger partial charge in [0.2, 0.25) is 0 Å². The van der Waals surface area contributed by atoms with E-state index in [2.05, 4.69) is 37.6 Å². The molecule has 0 aliphatic heterocycles.